The van der Waals surface area contributed by atoms with Crippen LogP contribution < -0.4 is 14.8 Å². The molecule has 0 aliphatic carbocycles. The number of rotatable bonds is 2. The summed E-state index contributed by atoms with van der Waals surface area (Å²) in [6.45, 7) is 8.79. The highest BCUT2D eigenvalue weighted by Crippen LogP contribution is 2.38. The summed E-state index contributed by atoms with van der Waals surface area (Å²) >= 11 is 0. The van der Waals surface area contributed by atoms with Gasteiger partial charge < -0.3 is 14.8 Å². The van der Waals surface area contributed by atoms with Gasteiger partial charge in [-0.25, -0.2) is 4.98 Å². The van der Waals surface area contributed by atoms with Crippen LogP contribution in [0.15, 0.2) is 36.5 Å². The van der Waals surface area contributed by atoms with Gasteiger partial charge in [0.25, 0.3) is 0 Å². The van der Waals surface area contributed by atoms with Crippen LogP contribution in [0.3, 0.4) is 0 Å². The number of nitrogens with zero attached hydrogens (tertiary/aromatic N) is 2. The van der Waals surface area contributed by atoms with Crippen LogP contribution in [-0.2, 0) is 0 Å². The van der Waals surface area contributed by atoms with Crippen LogP contribution in [0.1, 0.15) is 26.3 Å². The highest BCUT2D eigenvalue weighted by molar-refractivity contribution is 5.78. The van der Waals surface area contributed by atoms with E-state index in [1.54, 1.807) is 0 Å². The van der Waals surface area contributed by atoms with Gasteiger partial charge in [-0.3, -0.25) is 4.40 Å². The average molecular weight is 323 g/mol. The Balaban J connectivity index is 1.92. The van der Waals surface area contributed by atoms with Crippen LogP contribution in [-0.4, -0.2) is 21.7 Å². The first-order valence-corrected chi connectivity index (χ1v) is 8.08. The van der Waals surface area contributed by atoms with Crippen molar-refractivity contribution in [3.63, 3.8) is 0 Å². The van der Waals surface area contributed by atoms with Gasteiger partial charge in [0, 0.05) is 17.3 Å². The second-order valence-electron chi connectivity index (χ2n) is 7.19. The zero-order valence-corrected chi connectivity index (χ0v) is 14.4. The molecule has 1 aliphatic rings. The van der Waals surface area contributed by atoms with E-state index >= 15 is 0 Å². The summed E-state index contributed by atoms with van der Waals surface area (Å²) in [7, 11) is 0. The summed E-state index contributed by atoms with van der Waals surface area (Å²) in [5.74, 6) is 2.53. The van der Waals surface area contributed by atoms with Gasteiger partial charge in [-0.05, 0) is 57.5 Å². The molecule has 0 atom stereocenters. The molecular formula is C19H21N3O2. The number of aromatic nitrogens is 2. The SMILES string of the molecule is Cc1ccc2nc(-c3ccc4c(c3)OCO4)c(NC(C)(C)C)n2c1. The molecule has 3 aromatic rings. The summed E-state index contributed by atoms with van der Waals surface area (Å²) in [5, 5.41) is 3.59. The van der Waals surface area contributed by atoms with Crippen LogP contribution in [0, 0.1) is 6.92 Å². The van der Waals surface area contributed by atoms with E-state index in [0.717, 1.165) is 34.2 Å². The standard InChI is InChI=1S/C19H21N3O2/c1-12-5-8-16-20-17(18(22(16)10-12)21-19(2,3)4)13-6-7-14-15(9-13)24-11-23-14/h5-10,21H,11H2,1-4H3. The normalized spacial score (nSPS) is 13.5. The first-order chi connectivity index (χ1) is 11.4. The number of nitrogens with one attached hydrogen (secondary N) is 1. The fourth-order valence-electron chi connectivity index (χ4n) is 2.87. The second kappa shape index (κ2) is 5.16. The van der Waals surface area contributed by atoms with Crippen molar-refractivity contribution in [2.75, 3.05) is 12.1 Å². The lowest BCUT2D eigenvalue weighted by Gasteiger charge is -2.22. The first kappa shape index (κ1) is 14.9. The third-order valence-electron chi connectivity index (χ3n) is 3.91. The van der Waals surface area contributed by atoms with Gasteiger partial charge in [-0.2, -0.15) is 0 Å². The number of benzene rings is 1. The van der Waals surface area contributed by atoms with Crippen LogP contribution in [0.4, 0.5) is 5.82 Å². The average Bonchev–Trinajstić information content (AvgIpc) is 3.10. The van der Waals surface area contributed by atoms with Crippen molar-refractivity contribution < 1.29 is 9.47 Å². The van der Waals surface area contributed by atoms with Crippen molar-refractivity contribution in [3.05, 3.63) is 42.1 Å². The highest BCUT2D eigenvalue weighted by atomic mass is 16.7. The number of hydrogen-bond acceptors (Lipinski definition) is 4. The Morgan fingerprint density at radius 2 is 1.88 bits per heavy atom. The molecule has 5 nitrogen and oxygen atoms in total. The third-order valence-corrected chi connectivity index (χ3v) is 3.91. The van der Waals surface area contributed by atoms with Crippen molar-refractivity contribution in [3.8, 4) is 22.8 Å². The van der Waals surface area contributed by atoms with Gasteiger partial charge in [0.05, 0.1) is 0 Å². The molecule has 0 saturated heterocycles. The number of imidazole rings is 1. The predicted octanol–water partition coefficient (Wildman–Crippen LogP) is 4.25. The monoisotopic (exact) mass is 323 g/mol. The highest BCUT2D eigenvalue weighted by Gasteiger charge is 2.21. The van der Waals surface area contributed by atoms with Gasteiger partial charge >= 0.3 is 0 Å². The summed E-state index contributed by atoms with van der Waals surface area (Å²) in [4.78, 5) is 4.84. The van der Waals surface area contributed by atoms with E-state index < -0.39 is 0 Å². The lowest BCUT2D eigenvalue weighted by Crippen LogP contribution is -2.27. The molecule has 3 heterocycles. The molecule has 1 aromatic carbocycles. The summed E-state index contributed by atoms with van der Waals surface area (Å²) in [5.41, 5.74) is 3.94. The molecule has 2 aromatic heterocycles. The van der Waals surface area contributed by atoms with Gasteiger partial charge in [-0.1, -0.05) is 6.07 Å². The zero-order chi connectivity index (χ0) is 16.9. The zero-order valence-electron chi connectivity index (χ0n) is 14.4. The van der Waals surface area contributed by atoms with E-state index in [9.17, 15) is 0 Å². The number of ether oxygens (including phenoxy) is 2. The minimum atomic E-state index is -0.0786. The largest absolute Gasteiger partial charge is 0.454 e. The number of fused-ring (bicyclic) bond motifs is 2. The molecular weight excluding hydrogens is 302 g/mol. The van der Waals surface area contributed by atoms with E-state index in [1.165, 1.54) is 5.56 Å². The Labute approximate surface area is 141 Å². The fourth-order valence-corrected chi connectivity index (χ4v) is 2.87. The first-order valence-electron chi connectivity index (χ1n) is 8.08. The molecule has 0 amide bonds. The minimum Gasteiger partial charge on any atom is -0.454 e. The smallest absolute Gasteiger partial charge is 0.231 e. The van der Waals surface area contributed by atoms with E-state index in [-0.39, 0.29) is 12.3 Å². The van der Waals surface area contributed by atoms with Gasteiger partial charge in [0.2, 0.25) is 6.79 Å². The maximum atomic E-state index is 5.52. The Bertz CT molecular complexity index is 922. The Morgan fingerprint density at radius 3 is 2.67 bits per heavy atom. The third kappa shape index (κ3) is 2.56. The molecule has 1 aliphatic heterocycles. The maximum Gasteiger partial charge on any atom is 0.231 e. The van der Waals surface area contributed by atoms with Crippen LogP contribution in [0.2, 0.25) is 0 Å². The molecule has 4 rings (SSSR count). The summed E-state index contributed by atoms with van der Waals surface area (Å²) < 4.78 is 13.0. The molecule has 5 heteroatoms. The molecule has 0 radical (unpaired) electrons. The van der Waals surface area contributed by atoms with E-state index in [2.05, 4.69) is 49.7 Å². The molecule has 0 unspecified atom stereocenters. The Kier molecular flexibility index (Phi) is 3.20. The van der Waals surface area contributed by atoms with Crippen LogP contribution in [0.5, 0.6) is 11.5 Å². The lowest BCUT2D eigenvalue weighted by molar-refractivity contribution is 0.174. The lowest BCUT2D eigenvalue weighted by atomic mass is 10.1. The summed E-state index contributed by atoms with van der Waals surface area (Å²) in [6.07, 6.45) is 2.10. The van der Waals surface area contributed by atoms with E-state index in [4.69, 9.17) is 14.5 Å². The van der Waals surface area contributed by atoms with Gasteiger partial charge in [0.15, 0.2) is 11.5 Å². The van der Waals surface area contributed by atoms with Crippen molar-refractivity contribution in [2.45, 2.75) is 33.2 Å². The molecule has 24 heavy (non-hydrogen) atoms. The topological polar surface area (TPSA) is 47.8 Å². The molecule has 0 spiro atoms. The fraction of sp³-hybridized carbons (Fsp3) is 0.316. The number of aryl methyl sites for hydroxylation is 1. The van der Waals surface area contributed by atoms with Crippen molar-refractivity contribution >= 4 is 11.5 Å². The molecule has 0 fully saturated rings. The number of pyridine rings is 1. The van der Waals surface area contributed by atoms with Crippen molar-refractivity contribution in [1.82, 2.24) is 9.38 Å². The maximum absolute atomic E-state index is 5.52. The van der Waals surface area contributed by atoms with E-state index in [1.807, 2.05) is 24.3 Å². The molecule has 124 valence electrons. The molecule has 0 saturated carbocycles. The summed E-state index contributed by atoms with van der Waals surface area (Å²) in [6, 6.07) is 10.1. The second-order valence-corrected chi connectivity index (χ2v) is 7.19. The van der Waals surface area contributed by atoms with Crippen LogP contribution >= 0.6 is 0 Å². The number of hydrogen-bond donors (Lipinski definition) is 1. The number of anilines is 1. The van der Waals surface area contributed by atoms with Gasteiger partial charge in [0.1, 0.15) is 17.2 Å². The molecule has 0 bridgehead atoms. The molecule has 1 N–H and O–H groups in total. The Hall–Kier alpha value is -2.69. The predicted molar refractivity (Wildman–Crippen MR) is 94.9 cm³/mol. The van der Waals surface area contributed by atoms with Crippen LogP contribution in [0.25, 0.3) is 16.9 Å². The minimum absolute atomic E-state index is 0.0786. The quantitative estimate of drug-likeness (QED) is 0.766. The van der Waals surface area contributed by atoms with Gasteiger partial charge in [-0.15, -0.1) is 0 Å². The Morgan fingerprint density at radius 1 is 1.08 bits per heavy atom. The van der Waals surface area contributed by atoms with E-state index in [0.29, 0.717) is 0 Å². The van der Waals surface area contributed by atoms with Crippen molar-refractivity contribution in [2.24, 2.45) is 0 Å². The van der Waals surface area contributed by atoms with Crippen molar-refractivity contribution in [1.29, 1.82) is 0 Å².